The van der Waals surface area contributed by atoms with Crippen molar-refractivity contribution in [1.29, 1.82) is 0 Å². The van der Waals surface area contributed by atoms with Crippen molar-refractivity contribution in [2.24, 2.45) is 0 Å². The van der Waals surface area contributed by atoms with E-state index in [1.807, 2.05) is 19.1 Å². The first-order chi connectivity index (χ1) is 14.5. The van der Waals surface area contributed by atoms with Gasteiger partial charge in [0.05, 0.1) is 12.2 Å². The normalized spacial score (nSPS) is 10.9. The minimum Gasteiger partial charge on any atom is -0.462 e. The van der Waals surface area contributed by atoms with Crippen molar-refractivity contribution >= 4 is 28.5 Å². The Bertz CT molecular complexity index is 1020. The van der Waals surface area contributed by atoms with Crippen LogP contribution in [0.15, 0.2) is 46.9 Å². The first-order valence-corrected chi connectivity index (χ1v) is 10.6. The van der Waals surface area contributed by atoms with Gasteiger partial charge >= 0.3 is 5.97 Å². The second-order valence-corrected chi connectivity index (χ2v) is 7.47. The summed E-state index contributed by atoms with van der Waals surface area (Å²) in [5.41, 5.74) is 3.78. The number of benzene rings is 2. The Morgan fingerprint density at radius 2 is 1.77 bits per heavy atom. The van der Waals surface area contributed by atoms with E-state index in [1.54, 1.807) is 24.3 Å². The second-order valence-electron chi connectivity index (χ2n) is 7.47. The molecule has 1 N–H and O–H groups in total. The summed E-state index contributed by atoms with van der Waals surface area (Å²) < 4.78 is 11.1. The van der Waals surface area contributed by atoms with E-state index in [0.29, 0.717) is 29.2 Å². The molecular weight excluding hydrogens is 378 g/mol. The molecule has 0 unspecified atom stereocenters. The van der Waals surface area contributed by atoms with Gasteiger partial charge in [0.25, 0.3) is 5.91 Å². The molecule has 30 heavy (non-hydrogen) atoms. The minimum atomic E-state index is -0.343. The highest BCUT2D eigenvalue weighted by molar-refractivity contribution is 6.06. The van der Waals surface area contributed by atoms with Gasteiger partial charge in [-0.05, 0) is 61.7 Å². The van der Waals surface area contributed by atoms with E-state index < -0.39 is 0 Å². The van der Waals surface area contributed by atoms with Crippen molar-refractivity contribution in [2.75, 3.05) is 11.9 Å². The number of rotatable bonds is 9. The van der Waals surface area contributed by atoms with Crippen LogP contribution in [-0.4, -0.2) is 18.5 Å². The number of fused-ring (bicyclic) bond motifs is 1. The van der Waals surface area contributed by atoms with Crippen LogP contribution in [-0.2, 0) is 11.2 Å². The van der Waals surface area contributed by atoms with Crippen LogP contribution >= 0.6 is 0 Å². The smallest absolute Gasteiger partial charge is 0.338 e. The van der Waals surface area contributed by atoms with Gasteiger partial charge in [0.2, 0.25) is 0 Å². The predicted octanol–water partition coefficient (Wildman–Crippen LogP) is 6.29. The van der Waals surface area contributed by atoms with Crippen LogP contribution in [0.5, 0.6) is 0 Å². The standard InChI is InChI=1S/C25H29NO4/c1-4-6-7-8-15-29-25(28)19-10-12-20(13-11-19)26-24(27)23-17(3)21-16-18(5-2)9-14-22(21)30-23/h9-14,16H,4-8,15H2,1-3H3,(H,26,27). The summed E-state index contributed by atoms with van der Waals surface area (Å²) in [6.07, 6.45) is 5.17. The molecule has 0 atom stereocenters. The van der Waals surface area contributed by atoms with E-state index in [0.717, 1.165) is 43.1 Å². The van der Waals surface area contributed by atoms with Gasteiger partial charge in [-0.1, -0.05) is 39.2 Å². The Labute approximate surface area is 177 Å². The third-order valence-corrected chi connectivity index (χ3v) is 5.22. The van der Waals surface area contributed by atoms with Crippen LogP contribution < -0.4 is 5.32 Å². The van der Waals surface area contributed by atoms with E-state index in [4.69, 9.17) is 9.15 Å². The van der Waals surface area contributed by atoms with Crippen molar-refractivity contribution in [2.45, 2.75) is 52.9 Å². The Balaban J connectivity index is 1.62. The number of nitrogens with one attached hydrogen (secondary N) is 1. The summed E-state index contributed by atoms with van der Waals surface area (Å²) in [5.74, 6) is -0.356. The maximum absolute atomic E-state index is 12.7. The largest absolute Gasteiger partial charge is 0.462 e. The molecule has 0 saturated carbocycles. The van der Waals surface area contributed by atoms with E-state index >= 15 is 0 Å². The third-order valence-electron chi connectivity index (χ3n) is 5.22. The Kier molecular flexibility index (Phi) is 7.28. The number of unbranched alkanes of at least 4 members (excludes halogenated alkanes) is 3. The highest BCUT2D eigenvalue weighted by Gasteiger charge is 2.18. The quantitative estimate of drug-likeness (QED) is 0.334. The number of esters is 1. The van der Waals surface area contributed by atoms with Gasteiger partial charge in [-0.2, -0.15) is 0 Å². The van der Waals surface area contributed by atoms with Crippen LogP contribution in [0.25, 0.3) is 11.0 Å². The van der Waals surface area contributed by atoms with Crippen molar-refractivity contribution in [3.8, 4) is 0 Å². The number of anilines is 1. The van der Waals surface area contributed by atoms with Gasteiger partial charge < -0.3 is 14.5 Å². The highest BCUT2D eigenvalue weighted by Crippen LogP contribution is 2.27. The van der Waals surface area contributed by atoms with Gasteiger partial charge in [0.15, 0.2) is 5.76 Å². The van der Waals surface area contributed by atoms with Crippen LogP contribution in [0.4, 0.5) is 5.69 Å². The molecular formula is C25H29NO4. The molecule has 0 saturated heterocycles. The number of carbonyl (C=O) groups excluding carboxylic acids is 2. The fourth-order valence-electron chi connectivity index (χ4n) is 3.36. The number of carbonyl (C=O) groups is 2. The van der Waals surface area contributed by atoms with E-state index in [1.165, 1.54) is 5.56 Å². The topological polar surface area (TPSA) is 68.5 Å². The SMILES string of the molecule is CCCCCCOC(=O)c1ccc(NC(=O)c2oc3ccc(CC)cc3c2C)cc1. The molecule has 2 aromatic carbocycles. The monoisotopic (exact) mass is 407 g/mol. The van der Waals surface area contributed by atoms with Crippen LogP contribution in [0.1, 0.15) is 71.6 Å². The summed E-state index contributed by atoms with van der Waals surface area (Å²) in [5, 5.41) is 3.79. The van der Waals surface area contributed by atoms with Gasteiger partial charge in [0.1, 0.15) is 5.58 Å². The van der Waals surface area contributed by atoms with E-state index in [9.17, 15) is 9.59 Å². The number of hydrogen-bond donors (Lipinski definition) is 1. The molecule has 0 radical (unpaired) electrons. The fourth-order valence-corrected chi connectivity index (χ4v) is 3.36. The van der Waals surface area contributed by atoms with Crippen molar-refractivity contribution < 1.29 is 18.7 Å². The second kappa shape index (κ2) is 10.1. The summed E-state index contributed by atoms with van der Waals surface area (Å²) in [4.78, 5) is 24.8. The van der Waals surface area contributed by atoms with E-state index in [2.05, 4.69) is 25.2 Å². The van der Waals surface area contributed by atoms with Crippen LogP contribution in [0.3, 0.4) is 0 Å². The van der Waals surface area contributed by atoms with Crippen molar-refractivity contribution in [3.63, 3.8) is 0 Å². The molecule has 0 aliphatic rings. The maximum Gasteiger partial charge on any atom is 0.338 e. The van der Waals surface area contributed by atoms with Gasteiger partial charge in [0, 0.05) is 16.6 Å². The highest BCUT2D eigenvalue weighted by atomic mass is 16.5. The summed E-state index contributed by atoms with van der Waals surface area (Å²) in [6, 6.07) is 12.7. The van der Waals surface area contributed by atoms with E-state index in [-0.39, 0.29) is 11.9 Å². The molecule has 1 amide bonds. The Morgan fingerprint density at radius 1 is 1.00 bits per heavy atom. The molecule has 5 nitrogen and oxygen atoms in total. The Hall–Kier alpha value is -3.08. The summed E-state index contributed by atoms with van der Waals surface area (Å²) in [6.45, 7) is 6.56. The van der Waals surface area contributed by atoms with Gasteiger partial charge in [-0.15, -0.1) is 0 Å². The van der Waals surface area contributed by atoms with Gasteiger partial charge in [-0.25, -0.2) is 4.79 Å². The zero-order valence-electron chi connectivity index (χ0n) is 17.9. The lowest BCUT2D eigenvalue weighted by atomic mass is 10.1. The van der Waals surface area contributed by atoms with Crippen LogP contribution in [0.2, 0.25) is 0 Å². The molecule has 0 spiro atoms. The Morgan fingerprint density at radius 3 is 2.47 bits per heavy atom. The summed E-state index contributed by atoms with van der Waals surface area (Å²) >= 11 is 0. The first kappa shape index (κ1) is 21.6. The van der Waals surface area contributed by atoms with Crippen molar-refractivity contribution in [3.05, 3.63) is 64.9 Å². The summed E-state index contributed by atoms with van der Waals surface area (Å²) in [7, 11) is 0. The molecule has 1 aromatic heterocycles. The number of ether oxygens (including phenoxy) is 1. The lowest BCUT2D eigenvalue weighted by molar-refractivity contribution is 0.0497. The first-order valence-electron chi connectivity index (χ1n) is 10.6. The molecule has 1 heterocycles. The van der Waals surface area contributed by atoms with Crippen LogP contribution in [0, 0.1) is 6.92 Å². The number of hydrogen-bond acceptors (Lipinski definition) is 4. The molecule has 5 heteroatoms. The molecule has 0 aliphatic carbocycles. The average molecular weight is 408 g/mol. The van der Waals surface area contributed by atoms with Crippen molar-refractivity contribution in [1.82, 2.24) is 0 Å². The third kappa shape index (κ3) is 5.09. The lowest BCUT2D eigenvalue weighted by Crippen LogP contribution is -2.12. The number of furan rings is 1. The number of aryl methyl sites for hydroxylation is 2. The molecule has 158 valence electrons. The molecule has 0 aliphatic heterocycles. The average Bonchev–Trinajstić information content (AvgIpc) is 3.10. The predicted molar refractivity (Wildman–Crippen MR) is 119 cm³/mol. The molecule has 0 fully saturated rings. The molecule has 3 aromatic rings. The lowest BCUT2D eigenvalue weighted by Gasteiger charge is -2.07. The molecule has 0 bridgehead atoms. The van der Waals surface area contributed by atoms with Gasteiger partial charge in [-0.3, -0.25) is 4.79 Å². The maximum atomic E-state index is 12.7. The zero-order valence-corrected chi connectivity index (χ0v) is 17.9. The molecule has 3 rings (SSSR count). The minimum absolute atomic E-state index is 0.300. The fraction of sp³-hybridized carbons (Fsp3) is 0.360. The number of amides is 1. The zero-order chi connectivity index (χ0) is 21.5.